The predicted octanol–water partition coefficient (Wildman–Crippen LogP) is 5.17. The fraction of sp³-hybridized carbons (Fsp3) is 0.0556. The van der Waals surface area contributed by atoms with Crippen LogP contribution in [0.3, 0.4) is 0 Å². The first-order valence-electron chi connectivity index (χ1n) is 6.83. The molecule has 108 valence electrons. The lowest BCUT2D eigenvalue weighted by atomic mass is 10.0. The van der Waals surface area contributed by atoms with Crippen LogP contribution in [0.1, 0.15) is 5.56 Å². The van der Waals surface area contributed by atoms with E-state index in [-0.39, 0.29) is 5.63 Å². The summed E-state index contributed by atoms with van der Waals surface area (Å²) in [5, 5.41) is 2.51. The lowest BCUT2D eigenvalue weighted by Crippen LogP contribution is -2.02. The lowest BCUT2D eigenvalue weighted by Gasteiger charge is -2.03. The van der Waals surface area contributed by atoms with E-state index in [2.05, 4.69) is 0 Å². The highest BCUT2D eigenvalue weighted by molar-refractivity contribution is 6.30. The highest BCUT2D eigenvalue weighted by Crippen LogP contribution is 2.28. The van der Waals surface area contributed by atoms with E-state index >= 15 is 0 Å². The van der Waals surface area contributed by atoms with Crippen molar-refractivity contribution >= 4 is 33.5 Å². The molecule has 0 spiro atoms. The Morgan fingerprint density at radius 1 is 1.00 bits per heavy atom. The molecule has 0 atom stereocenters. The minimum absolute atomic E-state index is 0.377. The van der Waals surface area contributed by atoms with Gasteiger partial charge in [0.1, 0.15) is 11.2 Å². The first kappa shape index (κ1) is 13.2. The van der Waals surface area contributed by atoms with E-state index in [1.807, 2.05) is 31.2 Å². The maximum Gasteiger partial charge on any atom is 0.344 e. The number of aryl methyl sites for hydroxylation is 1. The molecule has 0 saturated heterocycles. The molecule has 0 amide bonds. The molecule has 0 aliphatic rings. The van der Waals surface area contributed by atoms with Crippen LogP contribution in [0.5, 0.6) is 0 Å². The van der Waals surface area contributed by atoms with Crippen LogP contribution in [0.4, 0.5) is 0 Å². The van der Waals surface area contributed by atoms with Crippen molar-refractivity contribution in [2.24, 2.45) is 0 Å². The smallest absolute Gasteiger partial charge is 0.344 e. The molecule has 2 aromatic carbocycles. The SMILES string of the molecule is Cc1coc2cc3oc(=O)c(-c4ccc(Cl)cc4)cc3cc12. The van der Waals surface area contributed by atoms with Gasteiger partial charge < -0.3 is 8.83 Å². The third kappa shape index (κ3) is 2.02. The predicted molar refractivity (Wildman–Crippen MR) is 87.4 cm³/mol. The summed E-state index contributed by atoms with van der Waals surface area (Å²) in [6, 6.07) is 12.7. The quantitative estimate of drug-likeness (QED) is 0.456. The highest BCUT2D eigenvalue weighted by atomic mass is 35.5. The number of furan rings is 1. The number of halogens is 1. The third-order valence-electron chi connectivity index (χ3n) is 3.78. The number of fused-ring (bicyclic) bond motifs is 2. The third-order valence-corrected chi connectivity index (χ3v) is 4.03. The molecule has 4 rings (SSSR count). The Hall–Kier alpha value is -2.52. The minimum Gasteiger partial charge on any atom is -0.464 e. The van der Waals surface area contributed by atoms with Gasteiger partial charge in [0.15, 0.2) is 0 Å². The molecular formula is C18H11ClO3. The largest absolute Gasteiger partial charge is 0.464 e. The molecule has 4 aromatic rings. The molecular weight excluding hydrogens is 300 g/mol. The second-order valence-electron chi connectivity index (χ2n) is 5.26. The van der Waals surface area contributed by atoms with Crippen LogP contribution in [0, 0.1) is 6.92 Å². The normalized spacial score (nSPS) is 11.4. The monoisotopic (exact) mass is 310 g/mol. The summed E-state index contributed by atoms with van der Waals surface area (Å²) in [6.45, 7) is 1.98. The molecule has 0 unspecified atom stereocenters. The van der Waals surface area contributed by atoms with Gasteiger partial charge in [0.2, 0.25) is 0 Å². The van der Waals surface area contributed by atoms with Crippen LogP contribution < -0.4 is 5.63 Å². The van der Waals surface area contributed by atoms with E-state index in [0.29, 0.717) is 21.8 Å². The van der Waals surface area contributed by atoms with Crippen LogP contribution in [0.25, 0.3) is 33.1 Å². The second kappa shape index (κ2) is 4.75. The minimum atomic E-state index is -0.377. The van der Waals surface area contributed by atoms with Crippen molar-refractivity contribution in [2.45, 2.75) is 6.92 Å². The maximum absolute atomic E-state index is 12.2. The molecule has 0 fully saturated rings. The summed E-state index contributed by atoms with van der Waals surface area (Å²) in [6.07, 6.45) is 1.70. The fourth-order valence-electron chi connectivity index (χ4n) is 2.60. The molecule has 0 aliphatic carbocycles. The molecule has 22 heavy (non-hydrogen) atoms. The van der Waals surface area contributed by atoms with E-state index in [4.69, 9.17) is 20.4 Å². The number of benzene rings is 2. The van der Waals surface area contributed by atoms with E-state index in [9.17, 15) is 4.79 Å². The number of hydrogen-bond donors (Lipinski definition) is 0. The van der Waals surface area contributed by atoms with Crippen molar-refractivity contribution < 1.29 is 8.83 Å². The van der Waals surface area contributed by atoms with Gasteiger partial charge in [-0.15, -0.1) is 0 Å². The van der Waals surface area contributed by atoms with Gasteiger partial charge in [-0.1, -0.05) is 23.7 Å². The zero-order chi connectivity index (χ0) is 15.3. The standard InChI is InChI=1S/C18H11ClO3/c1-10-9-21-17-8-16-12(6-14(10)17)7-15(18(20)22-16)11-2-4-13(19)5-3-11/h2-9H,1H3. The molecule has 4 heteroatoms. The average Bonchev–Trinajstić information content (AvgIpc) is 2.86. The van der Waals surface area contributed by atoms with Crippen molar-refractivity contribution in [2.75, 3.05) is 0 Å². The summed E-state index contributed by atoms with van der Waals surface area (Å²) in [5.41, 5.74) is 3.21. The molecule has 0 bridgehead atoms. The molecule has 0 saturated carbocycles. The van der Waals surface area contributed by atoms with Crippen LogP contribution in [-0.2, 0) is 0 Å². The Labute approximate surface area is 130 Å². The van der Waals surface area contributed by atoms with Gasteiger partial charge in [0, 0.05) is 21.9 Å². The van der Waals surface area contributed by atoms with Gasteiger partial charge in [-0.05, 0) is 42.3 Å². The number of hydrogen-bond acceptors (Lipinski definition) is 3. The van der Waals surface area contributed by atoms with Crippen LogP contribution in [-0.4, -0.2) is 0 Å². The summed E-state index contributed by atoms with van der Waals surface area (Å²) < 4.78 is 10.9. The van der Waals surface area contributed by atoms with Crippen molar-refractivity contribution in [1.29, 1.82) is 0 Å². The summed E-state index contributed by atoms with van der Waals surface area (Å²) in [4.78, 5) is 12.2. The van der Waals surface area contributed by atoms with Gasteiger partial charge in [-0.25, -0.2) is 4.79 Å². The summed E-state index contributed by atoms with van der Waals surface area (Å²) in [7, 11) is 0. The zero-order valence-electron chi connectivity index (χ0n) is 11.7. The van der Waals surface area contributed by atoms with Crippen LogP contribution >= 0.6 is 11.6 Å². The van der Waals surface area contributed by atoms with Crippen LogP contribution in [0.2, 0.25) is 5.02 Å². The van der Waals surface area contributed by atoms with E-state index in [1.54, 1.807) is 24.5 Å². The Kier molecular flexibility index (Phi) is 2.84. The molecule has 0 radical (unpaired) electrons. The highest BCUT2D eigenvalue weighted by Gasteiger charge is 2.11. The number of rotatable bonds is 1. The average molecular weight is 311 g/mol. The molecule has 0 aliphatic heterocycles. The Balaban J connectivity index is 2.01. The topological polar surface area (TPSA) is 43.4 Å². The summed E-state index contributed by atoms with van der Waals surface area (Å²) in [5.74, 6) is 0. The molecule has 2 heterocycles. The van der Waals surface area contributed by atoms with Gasteiger partial charge in [0.25, 0.3) is 0 Å². The summed E-state index contributed by atoms with van der Waals surface area (Å²) >= 11 is 5.89. The van der Waals surface area contributed by atoms with Crippen LogP contribution in [0.15, 0.2) is 62.4 Å². The Morgan fingerprint density at radius 3 is 2.55 bits per heavy atom. The fourth-order valence-corrected chi connectivity index (χ4v) is 2.73. The molecule has 0 N–H and O–H groups in total. The van der Waals surface area contributed by atoms with Crippen molar-refractivity contribution in [3.63, 3.8) is 0 Å². The second-order valence-corrected chi connectivity index (χ2v) is 5.70. The molecule has 2 aromatic heterocycles. The van der Waals surface area contributed by atoms with Crippen molar-refractivity contribution in [3.05, 3.63) is 69.7 Å². The first-order chi connectivity index (χ1) is 10.6. The zero-order valence-corrected chi connectivity index (χ0v) is 12.5. The Morgan fingerprint density at radius 2 is 1.77 bits per heavy atom. The van der Waals surface area contributed by atoms with E-state index in [1.165, 1.54) is 0 Å². The van der Waals surface area contributed by atoms with E-state index < -0.39 is 0 Å². The van der Waals surface area contributed by atoms with E-state index in [0.717, 1.165) is 21.9 Å². The Bertz CT molecular complexity index is 1060. The van der Waals surface area contributed by atoms with Gasteiger partial charge in [-0.2, -0.15) is 0 Å². The van der Waals surface area contributed by atoms with Gasteiger partial charge in [0.05, 0.1) is 11.8 Å². The van der Waals surface area contributed by atoms with Crippen molar-refractivity contribution in [1.82, 2.24) is 0 Å². The lowest BCUT2D eigenvalue weighted by molar-refractivity contribution is 0.561. The van der Waals surface area contributed by atoms with Gasteiger partial charge in [-0.3, -0.25) is 0 Å². The molecule has 3 nitrogen and oxygen atoms in total. The first-order valence-corrected chi connectivity index (χ1v) is 7.21. The van der Waals surface area contributed by atoms with Crippen molar-refractivity contribution in [3.8, 4) is 11.1 Å². The van der Waals surface area contributed by atoms with Gasteiger partial charge >= 0.3 is 5.63 Å². The maximum atomic E-state index is 12.2.